The van der Waals surface area contributed by atoms with Crippen LogP contribution in [-0.4, -0.2) is 55.9 Å². The first-order valence-electron chi connectivity index (χ1n) is 5.04. The molecule has 1 amide bonds. The summed E-state index contributed by atoms with van der Waals surface area (Å²) in [5, 5.41) is 3.13. The highest BCUT2D eigenvalue weighted by Crippen LogP contribution is 2.14. The zero-order valence-electron chi connectivity index (χ0n) is 9.01. The Morgan fingerprint density at radius 2 is 2.25 bits per heavy atom. The Balaban J connectivity index is 2.24. The Labute approximate surface area is 91.7 Å². The maximum Gasteiger partial charge on any atom is 0.411 e. The quantitative estimate of drug-likeness (QED) is 0.775. The molecule has 1 rings (SSSR count). The lowest BCUT2D eigenvalue weighted by molar-refractivity contribution is -0.178. The molecule has 0 unspecified atom stereocenters. The Bertz CT molecular complexity index is 245. The lowest BCUT2D eigenvalue weighted by Gasteiger charge is -2.31. The van der Waals surface area contributed by atoms with Crippen molar-refractivity contribution >= 4 is 5.91 Å². The predicted molar refractivity (Wildman–Crippen MR) is 50.9 cm³/mol. The van der Waals surface area contributed by atoms with Crippen molar-refractivity contribution in [2.24, 2.45) is 0 Å². The fourth-order valence-electron chi connectivity index (χ4n) is 1.50. The second kappa shape index (κ2) is 5.49. The van der Waals surface area contributed by atoms with E-state index < -0.39 is 25.3 Å². The smallest absolute Gasteiger partial charge is 0.362 e. The molecule has 1 N–H and O–H groups in total. The molecule has 94 valence electrons. The van der Waals surface area contributed by atoms with Crippen molar-refractivity contribution in [3.63, 3.8) is 0 Å². The van der Waals surface area contributed by atoms with Crippen LogP contribution in [0.15, 0.2) is 0 Å². The molecular formula is C9H15F3N2O2. The molecule has 7 heteroatoms. The summed E-state index contributed by atoms with van der Waals surface area (Å²) in [6.07, 6.45) is -4.38. The van der Waals surface area contributed by atoms with Crippen LogP contribution in [0.2, 0.25) is 0 Å². The zero-order chi connectivity index (χ0) is 12.2. The van der Waals surface area contributed by atoms with Gasteiger partial charge in [0.25, 0.3) is 0 Å². The average Bonchev–Trinajstić information content (AvgIpc) is 2.15. The maximum atomic E-state index is 11.8. The van der Waals surface area contributed by atoms with E-state index in [1.807, 2.05) is 6.92 Å². The summed E-state index contributed by atoms with van der Waals surface area (Å²) in [7, 11) is 0. The van der Waals surface area contributed by atoms with Crippen LogP contribution >= 0.6 is 0 Å². The minimum Gasteiger partial charge on any atom is -0.362 e. The van der Waals surface area contributed by atoms with Gasteiger partial charge in [-0.1, -0.05) is 0 Å². The van der Waals surface area contributed by atoms with Gasteiger partial charge >= 0.3 is 6.18 Å². The van der Waals surface area contributed by atoms with Crippen molar-refractivity contribution in [2.45, 2.75) is 19.1 Å². The second-order valence-electron chi connectivity index (χ2n) is 3.80. The molecule has 1 heterocycles. The molecule has 0 aromatic heterocycles. The van der Waals surface area contributed by atoms with Crippen LogP contribution in [0, 0.1) is 0 Å². The first kappa shape index (κ1) is 13.2. The highest BCUT2D eigenvalue weighted by molar-refractivity contribution is 5.77. The predicted octanol–water partition coefficient (Wildman–Crippen LogP) is 0.386. The summed E-state index contributed by atoms with van der Waals surface area (Å²) in [6, 6.07) is 0.167. The number of alkyl halides is 3. The molecule has 0 aromatic rings. The monoisotopic (exact) mass is 240 g/mol. The maximum absolute atomic E-state index is 11.8. The molecule has 4 nitrogen and oxygen atoms in total. The molecule has 0 aromatic carbocycles. The summed E-state index contributed by atoms with van der Waals surface area (Å²) in [5.74, 6) is -0.391. The number of hydrogen-bond acceptors (Lipinski definition) is 3. The normalized spacial score (nSPS) is 22.2. The summed E-state index contributed by atoms with van der Waals surface area (Å²) in [4.78, 5) is 12.9. The summed E-state index contributed by atoms with van der Waals surface area (Å²) in [5.41, 5.74) is 0. The number of ether oxygens (including phenoxy) is 1. The van der Waals surface area contributed by atoms with Gasteiger partial charge in [0.1, 0.15) is 13.2 Å². The van der Waals surface area contributed by atoms with E-state index in [1.165, 1.54) is 4.90 Å². The number of piperazine rings is 1. The molecule has 0 radical (unpaired) electrons. The molecule has 0 aliphatic carbocycles. The van der Waals surface area contributed by atoms with E-state index in [-0.39, 0.29) is 6.04 Å². The number of hydrogen-bond donors (Lipinski definition) is 1. The van der Waals surface area contributed by atoms with Crippen LogP contribution in [0.5, 0.6) is 0 Å². The Kier molecular flexibility index (Phi) is 4.55. The second-order valence-corrected chi connectivity index (χ2v) is 3.80. The summed E-state index contributed by atoms with van der Waals surface area (Å²) >= 11 is 0. The van der Waals surface area contributed by atoms with Crippen molar-refractivity contribution in [2.75, 3.05) is 32.8 Å². The lowest BCUT2D eigenvalue weighted by Crippen LogP contribution is -2.52. The molecule has 1 aliphatic rings. The molecule has 1 saturated heterocycles. The van der Waals surface area contributed by atoms with Crippen LogP contribution in [0.3, 0.4) is 0 Å². The van der Waals surface area contributed by atoms with E-state index >= 15 is 0 Å². The van der Waals surface area contributed by atoms with Crippen LogP contribution in [0.1, 0.15) is 6.92 Å². The Morgan fingerprint density at radius 1 is 1.56 bits per heavy atom. The molecule has 0 bridgehead atoms. The van der Waals surface area contributed by atoms with Crippen molar-refractivity contribution in [1.82, 2.24) is 10.2 Å². The first-order chi connectivity index (χ1) is 7.38. The number of carbonyl (C=O) groups is 1. The molecule has 1 atom stereocenters. The van der Waals surface area contributed by atoms with Crippen LogP contribution in [0.4, 0.5) is 13.2 Å². The topological polar surface area (TPSA) is 41.6 Å². The van der Waals surface area contributed by atoms with E-state index in [2.05, 4.69) is 10.1 Å². The van der Waals surface area contributed by atoms with E-state index in [9.17, 15) is 18.0 Å². The number of nitrogens with one attached hydrogen (secondary N) is 1. The van der Waals surface area contributed by atoms with Crippen molar-refractivity contribution in [3.8, 4) is 0 Å². The molecular weight excluding hydrogens is 225 g/mol. The minimum atomic E-state index is -4.38. The van der Waals surface area contributed by atoms with E-state index in [4.69, 9.17) is 0 Å². The van der Waals surface area contributed by atoms with Gasteiger partial charge in [-0.15, -0.1) is 0 Å². The number of nitrogens with zero attached hydrogens (tertiary/aromatic N) is 1. The highest BCUT2D eigenvalue weighted by Gasteiger charge is 2.28. The van der Waals surface area contributed by atoms with Gasteiger partial charge < -0.3 is 15.0 Å². The van der Waals surface area contributed by atoms with Crippen molar-refractivity contribution in [3.05, 3.63) is 0 Å². The van der Waals surface area contributed by atoms with Gasteiger partial charge in [-0.2, -0.15) is 13.2 Å². The minimum absolute atomic E-state index is 0.167. The zero-order valence-corrected chi connectivity index (χ0v) is 9.01. The number of rotatable bonds is 3. The fourth-order valence-corrected chi connectivity index (χ4v) is 1.50. The highest BCUT2D eigenvalue weighted by atomic mass is 19.4. The molecule has 0 spiro atoms. The first-order valence-corrected chi connectivity index (χ1v) is 5.04. The van der Waals surface area contributed by atoms with E-state index in [0.29, 0.717) is 19.6 Å². The Hall–Kier alpha value is -0.820. The molecule has 16 heavy (non-hydrogen) atoms. The standard InChI is InChI=1S/C9H15F3N2O2/c1-7-4-14(3-2-13-7)8(15)5-16-6-9(10,11)12/h7,13H,2-6H2,1H3/t7-/m0/s1. The largest absolute Gasteiger partial charge is 0.411 e. The molecule has 1 fully saturated rings. The molecule has 0 saturated carbocycles. The summed E-state index contributed by atoms with van der Waals surface area (Å²) < 4.78 is 39.6. The van der Waals surface area contributed by atoms with Gasteiger partial charge in [0.15, 0.2) is 0 Å². The number of carbonyl (C=O) groups excluding carboxylic acids is 1. The number of amides is 1. The van der Waals surface area contributed by atoms with E-state index in [1.54, 1.807) is 0 Å². The van der Waals surface area contributed by atoms with Gasteiger partial charge in [0, 0.05) is 25.7 Å². The summed E-state index contributed by atoms with van der Waals surface area (Å²) in [6.45, 7) is 1.71. The van der Waals surface area contributed by atoms with Gasteiger partial charge in [0.05, 0.1) is 0 Å². The third-order valence-corrected chi connectivity index (χ3v) is 2.21. The SMILES string of the molecule is C[C@H]1CN(C(=O)COCC(F)(F)F)CCN1. The van der Waals surface area contributed by atoms with Crippen LogP contribution in [-0.2, 0) is 9.53 Å². The average molecular weight is 240 g/mol. The third kappa shape index (κ3) is 4.80. The van der Waals surface area contributed by atoms with Crippen LogP contribution in [0.25, 0.3) is 0 Å². The molecule has 1 aliphatic heterocycles. The van der Waals surface area contributed by atoms with E-state index in [0.717, 1.165) is 0 Å². The van der Waals surface area contributed by atoms with Crippen molar-refractivity contribution in [1.29, 1.82) is 0 Å². The van der Waals surface area contributed by atoms with Crippen LogP contribution < -0.4 is 5.32 Å². The lowest BCUT2D eigenvalue weighted by atomic mass is 10.2. The Morgan fingerprint density at radius 3 is 2.81 bits per heavy atom. The van der Waals surface area contributed by atoms with Gasteiger partial charge in [-0.3, -0.25) is 4.79 Å². The van der Waals surface area contributed by atoms with Gasteiger partial charge in [-0.05, 0) is 6.92 Å². The van der Waals surface area contributed by atoms with Gasteiger partial charge in [0.2, 0.25) is 5.91 Å². The third-order valence-electron chi connectivity index (χ3n) is 2.21. The van der Waals surface area contributed by atoms with Gasteiger partial charge in [-0.25, -0.2) is 0 Å². The fraction of sp³-hybridized carbons (Fsp3) is 0.889. The van der Waals surface area contributed by atoms with Crippen molar-refractivity contribution < 1.29 is 22.7 Å². The number of halogens is 3.